The van der Waals surface area contributed by atoms with E-state index in [1.165, 1.54) is 4.31 Å². The summed E-state index contributed by atoms with van der Waals surface area (Å²) in [5.74, 6) is 0. The lowest BCUT2D eigenvalue weighted by Crippen LogP contribution is -2.42. The molecule has 1 N–H and O–H groups in total. The van der Waals surface area contributed by atoms with Gasteiger partial charge in [-0.1, -0.05) is 13.0 Å². The monoisotopic (exact) mass is 313 g/mol. The van der Waals surface area contributed by atoms with E-state index in [1.807, 2.05) is 33.8 Å². The number of likely N-dealkylation sites (N-methyl/N-ethyl adjacent to an activating group) is 1. The summed E-state index contributed by atoms with van der Waals surface area (Å²) in [6.45, 7) is 13.0. The smallest absolute Gasteiger partial charge is 0.243 e. The van der Waals surface area contributed by atoms with Gasteiger partial charge in [-0.3, -0.25) is 0 Å². The van der Waals surface area contributed by atoms with E-state index in [2.05, 4.69) is 0 Å². The predicted octanol–water partition coefficient (Wildman–Crippen LogP) is 2.70. The summed E-state index contributed by atoms with van der Waals surface area (Å²) in [5.41, 5.74) is 2.44. The van der Waals surface area contributed by atoms with Crippen molar-refractivity contribution in [3.05, 3.63) is 28.3 Å². The van der Waals surface area contributed by atoms with Gasteiger partial charge in [0.2, 0.25) is 10.0 Å². The molecule has 0 aliphatic carbocycles. The van der Waals surface area contributed by atoms with Gasteiger partial charge >= 0.3 is 0 Å². The summed E-state index contributed by atoms with van der Waals surface area (Å²) in [4.78, 5) is 0.381. The van der Waals surface area contributed by atoms with E-state index in [4.69, 9.17) is 0 Å². The highest BCUT2D eigenvalue weighted by atomic mass is 32.2. The molecule has 0 amide bonds. The maximum absolute atomic E-state index is 13.0. The van der Waals surface area contributed by atoms with E-state index in [-0.39, 0.29) is 6.54 Å². The zero-order valence-corrected chi connectivity index (χ0v) is 14.9. The van der Waals surface area contributed by atoms with Crippen LogP contribution in [-0.4, -0.2) is 36.5 Å². The normalized spacial score (nSPS) is 13.0. The molecule has 0 spiro atoms. The predicted molar refractivity (Wildman–Crippen MR) is 86.1 cm³/mol. The lowest BCUT2D eigenvalue weighted by atomic mass is 10.0. The Kier molecular flexibility index (Phi) is 5.24. The van der Waals surface area contributed by atoms with Crippen LogP contribution in [0.2, 0.25) is 0 Å². The Labute approximate surface area is 128 Å². The maximum Gasteiger partial charge on any atom is 0.243 e. The molecule has 0 aliphatic heterocycles. The van der Waals surface area contributed by atoms with Crippen molar-refractivity contribution in [2.45, 2.75) is 59.0 Å². The fourth-order valence-corrected chi connectivity index (χ4v) is 4.67. The van der Waals surface area contributed by atoms with Crippen molar-refractivity contribution < 1.29 is 13.5 Å². The van der Waals surface area contributed by atoms with Gasteiger partial charge in [0.25, 0.3) is 0 Å². The zero-order valence-electron chi connectivity index (χ0n) is 14.1. The Hall–Kier alpha value is -0.910. The number of rotatable bonds is 5. The topological polar surface area (TPSA) is 57.6 Å². The van der Waals surface area contributed by atoms with Crippen LogP contribution in [0.15, 0.2) is 11.0 Å². The number of hydrogen-bond acceptors (Lipinski definition) is 3. The first kappa shape index (κ1) is 18.1. The highest BCUT2D eigenvalue weighted by Crippen LogP contribution is 2.29. The average molecular weight is 313 g/mol. The summed E-state index contributed by atoms with van der Waals surface area (Å²) in [7, 11) is -3.62. The SMILES string of the molecule is CCN(CC(C)(C)O)S(=O)(=O)c1c(C)c(C)cc(C)c1C. The molecule has 0 fully saturated rings. The molecule has 5 heteroatoms. The molecule has 1 rings (SSSR count). The van der Waals surface area contributed by atoms with Crippen LogP contribution in [0.3, 0.4) is 0 Å². The minimum atomic E-state index is -3.62. The molecule has 1 aromatic rings. The Morgan fingerprint density at radius 3 is 1.86 bits per heavy atom. The van der Waals surface area contributed by atoms with Gasteiger partial charge in [0.15, 0.2) is 0 Å². The second-order valence-corrected chi connectivity index (χ2v) is 8.21. The molecule has 0 bridgehead atoms. The molecule has 0 aromatic heterocycles. The van der Waals surface area contributed by atoms with Gasteiger partial charge in [0.05, 0.1) is 10.5 Å². The van der Waals surface area contributed by atoms with Crippen molar-refractivity contribution in [2.24, 2.45) is 0 Å². The highest BCUT2D eigenvalue weighted by molar-refractivity contribution is 7.89. The Morgan fingerprint density at radius 1 is 1.10 bits per heavy atom. The summed E-state index contributed by atoms with van der Waals surface area (Å²) < 4.78 is 27.4. The minimum Gasteiger partial charge on any atom is -0.389 e. The van der Waals surface area contributed by atoms with Crippen molar-refractivity contribution in [3.63, 3.8) is 0 Å². The molecule has 0 radical (unpaired) electrons. The molecule has 0 saturated heterocycles. The average Bonchev–Trinajstić information content (AvgIpc) is 2.32. The van der Waals surface area contributed by atoms with Crippen LogP contribution in [0.5, 0.6) is 0 Å². The first-order valence-corrected chi connectivity index (χ1v) is 8.65. The number of aliphatic hydroxyl groups is 1. The third-order valence-electron chi connectivity index (χ3n) is 3.81. The van der Waals surface area contributed by atoms with Crippen molar-refractivity contribution in [3.8, 4) is 0 Å². The quantitative estimate of drug-likeness (QED) is 0.909. The lowest BCUT2D eigenvalue weighted by Gasteiger charge is -2.29. The molecular weight excluding hydrogens is 286 g/mol. The highest BCUT2D eigenvalue weighted by Gasteiger charge is 2.31. The van der Waals surface area contributed by atoms with Gasteiger partial charge in [-0.05, 0) is 63.8 Å². The van der Waals surface area contributed by atoms with Crippen LogP contribution in [0, 0.1) is 27.7 Å². The van der Waals surface area contributed by atoms with Crippen molar-refractivity contribution in [1.29, 1.82) is 0 Å². The Bertz CT molecular complexity index is 602. The van der Waals surface area contributed by atoms with E-state index >= 15 is 0 Å². The molecule has 0 aliphatic rings. The number of sulfonamides is 1. The fraction of sp³-hybridized carbons (Fsp3) is 0.625. The third-order valence-corrected chi connectivity index (χ3v) is 6.01. The van der Waals surface area contributed by atoms with Crippen LogP contribution in [-0.2, 0) is 10.0 Å². The molecule has 4 nitrogen and oxygen atoms in total. The van der Waals surface area contributed by atoms with Crippen LogP contribution < -0.4 is 0 Å². The molecule has 0 heterocycles. The molecule has 120 valence electrons. The zero-order chi connectivity index (χ0) is 16.6. The van der Waals surface area contributed by atoms with Crippen LogP contribution in [0.25, 0.3) is 0 Å². The van der Waals surface area contributed by atoms with Crippen LogP contribution in [0.4, 0.5) is 0 Å². The van der Waals surface area contributed by atoms with E-state index < -0.39 is 15.6 Å². The van der Waals surface area contributed by atoms with Gasteiger partial charge in [-0.2, -0.15) is 4.31 Å². The summed E-state index contributed by atoms with van der Waals surface area (Å²) >= 11 is 0. The third kappa shape index (κ3) is 3.84. The fourth-order valence-electron chi connectivity index (χ4n) is 2.50. The standard InChI is InChI=1S/C16H27NO3S/c1-8-17(10-16(6,7)18)21(19,20)15-13(4)11(2)9-12(3)14(15)5/h9,18H,8,10H2,1-7H3. The van der Waals surface area contributed by atoms with Crippen LogP contribution in [0.1, 0.15) is 43.0 Å². The maximum atomic E-state index is 13.0. The first-order chi connectivity index (χ1) is 9.41. The van der Waals surface area contributed by atoms with Gasteiger partial charge < -0.3 is 5.11 Å². The van der Waals surface area contributed by atoms with E-state index in [0.29, 0.717) is 11.4 Å². The Balaban J connectivity index is 3.50. The second-order valence-electron chi connectivity index (χ2n) is 6.33. The first-order valence-electron chi connectivity index (χ1n) is 7.21. The molecule has 0 unspecified atom stereocenters. The number of nitrogens with zero attached hydrogens (tertiary/aromatic N) is 1. The Morgan fingerprint density at radius 2 is 1.52 bits per heavy atom. The largest absolute Gasteiger partial charge is 0.389 e. The van der Waals surface area contributed by atoms with E-state index in [1.54, 1.807) is 20.8 Å². The minimum absolute atomic E-state index is 0.0811. The number of hydrogen-bond donors (Lipinski definition) is 1. The number of benzene rings is 1. The van der Waals surface area contributed by atoms with Gasteiger partial charge in [-0.25, -0.2) is 8.42 Å². The molecule has 1 aromatic carbocycles. The number of aryl methyl sites for hydroxylation is 2. The van der Waals surface area contributed by atoms with E-state index in [0.717, 1.165) is 22.3 Å². The summed E-state index contributed by atoms with van der Waals surface area (Å²) in [5, 5.41) is 9.97. The van der Waals surface area contributed by atoms with Gasteiger partial charge in [0, 0.05) is 13.1 Å². The molecular formula is C16H27NO3S. The lowest BCUT2D eigenvalue weighted by molar-refractivity contribution is 0.0601. The summed E-state index contributed by atoms with van der Waals surface area (Å²) in [6, 6.07) is 2.01. The molecule has 0 saturated carbocycles. The van der Waals surface area contributed by atoms with Crippen LogP contribution >= 0.6 is 0 Å². The second kappa shape index (κ2) is 6.07. The summed E-state index contributed by atoms with van der Waals surface area (Å²) in [6.07, 6.45) is 0. The molecule has 0 atom stereocenters. The van der Waals surface area contributed by atoms with Gasteiger partial charge in [0.1, 0.15) is 0 Å². The van der Waals surface area contributed by atoms with E-state index in [9.17, 15) is 13.5 Å². The van der Waals surface area contributed by atoms with Crippen molar-refractivity contribution in [1.82, 2.24) is 4.31 Å². The van der Waals surface area contributed by atoms with Gasteiger partial charge in [-0.15, -0.1) is 0 Å². The van der Waals surface area contributed by atoms with Crippen molar-refractivity contribution in [2.75, 3.05) is 13.1 Å². The van der Waals surface area contributed by atoms with Crippen molar-refractivity contribution >= 4 is 10.0 Å². The molecule has 21 heavy (non-hydrogen) atoms.